The van der Waals surface area contributed by atoms with Gasteiger partial charge in [-0.15, -0.1) is 0 Å². The number of amides is 1. The zero-order valence-electron chi connectivity index (χ0n) is 10.6. The summed E-state index contributed by atoms with van der Waals surface area (Å²) in [5, 5.41) is 7.04. The number of anilines is 1. The Morgan fingerprint density at radius 3 is 3.00 bits per heavy atom. The highest BCUT2D eigenvalue weighted by molar-refractivity contribution is 5.79. The number of hydrogen-bond acceptors (Lipinski definition) is 4. The van der Waals surface area contributed by atoms with Crippen molar-refractivity contribution in [3.63, 3.8) is 0 Å². The van der Waals surface area contributed by atoms with Crippen LogP contribution in [0.15, 0.2) is 30.5 Å². The second-order valence-corrected chi connectivity index (χ2v) is 4.77. The van der Waals surface area contributed by atoms with E-state index in [0.717, 1.165) is 23.7 Å². The van der Waals surface area contributed by atoms with Gasteiger partial charge in [-0.1, -0.05) is 18.2 Å². The third-order valence-corrected chi connectivity index (χ3v) is 3.07. The molecule has 0 atom stereocenters. The van der Waals surface area contributed by atoms with Crippen LogP contribution in [0.3, 0.4) is 0 Å². The first-order valence-corrected chi connectivity index (χ1v) is 6.56. The zero-order chi connectivity index (χ0) is 13.1. The number of rotatable bonds is 5. The van der Waals surface area contributed by atoms with E-state index < -0.39 is 0 Å². The predicted octanol–water partition coefficient (Wildman–Crippen LogP) is 1.71. The molecule has 2 N–H and O–H groups in total. The fourth-order valence-corrected chi connectivity index (χ4v) is 1.87. The molecule has 1 fully saturated rings. The van der Waals surface area contributed by atoms with Crippen LogP contribution < -0.4 is 10.6 Å². The molecule has 1 aromatic heterocycles. The first-order valence-electron chi connectivity index (χ1n) is 6.56. The molecule has 0 spiro atoms. The third-order valence-electron chi connectivity index (χ3n) is 3.07. The summed E-state index contributed by atoms with van der Waals surface area (Å²) in [6.07, 6.45) is 4.47. The smallest absolute Gasteiger partial charge is 0.223 e. The number of nitrogens with zero attached hydrogens (tertiary/aromatic N) is 2. The minimum atomic E-state index is 0.0933. The number of carbonyl (C=O) groups excluding carboxylic acids is 1. The molecule has 3 rings (SSSR count). The molecule has 0 unspecified atom stereocenters. The maximum absolute atomic E-state index is 11.5. The summed E-state index contributed by atoms with van der Waals surface area (Å²) >= 11 is 0. The van der Waals surface area contributed by atoms with Gasteiger partial charge in [0.2, 0.25) is 11.9 Å². The Labute approximate surface area is 111 Å². The van der Waals surface area contributed by atoms with E-state index in [9.17, 15) is 4.79 Å². The lowest BCUT2D eigenvalue weighted by atomic mass is 10.2. The quantitative estimate of drug-likeness (QED) is 0.854. The second-order valence-electron chi connectivity index (χ2n) is 4.77. The highest BCUT2D eigenvalue weighted by Crippen LogP contribution is 2.18. The van der Waals surface area contributed by atoms with E-state index in [2.05, 4.69) is 20.6 Å². The second kappa shape index (κ2) is 5.22. The normalized spacial score (nSPS) is 14.3. The van der Waals surface area contributed by atoms with Gasteiger partial charge >= 0.3 is 0 Å². The molecule has 98 valence electrons. The van der Waals surface area contributed by atoms with Crippen molar-refractivity contribution in [1.82, 2.24) is 15.3 Å². The predicted molar refractivity (Wildman–Crippen MR) is 73.8 cm³/mol. The van der Waals surface area contributed by atoms with Crippen LogP contribution in [0, 0.1) is 0 Å². The van der Waals surface area contributed by atoms with E-state index in [1.54, 1.807) is 6.20 Å². The topological polar surface area (TPSA) is 66.9 Å². The van der Waals surface area contributed by atoms with Crippen molar-refractivity contribution in [3.8, 4) is 0 Å². The lowest BCUT2D eigenvalue weighted by Crippen LogP contribution is -2.27. The summed E-state index contributed by atoms with van der Waals surface area (Å²) in [4.78, 5) is 20.1. The highest BCUT2D eigenvalue weighted by Gasteiger charge is 2.22. The summed E-state index contributed by atoms with van der Waals surface area (Å²) in [5.74, 6) is 0.661. The molecular formula is C14H16N4O. The van der Waals surface area contributed by atoms with Crippen molar-refractivity contribution >= 4 is 22.8 Å². The summed E-state index contributed by atoms with van der Waals surface area (Å²) in [6, 6.07) is 8.25. The monoisotopic (exact) mass is 256 g/mol. The molecule has 1 aliphatic carbocycles. The van der Waals surface area contributed by atoms with Crippen molar-refractivity contribution in [2.24, 2.45) is 0 Å². The van der Waals surface area contributed by atoms with Gasteiger partial charge in [0, 0.05) is 30.6 Å². The molecule has 0 bridgehead atoms. The van der Waals surface area contributed by atoms with E-state index in [1.165, 1.54) is 0 Å². The molecule has 0 aliphatic heterocycles. The number of aromatic nitrogens is 2. The number of para-hydroxylation sites is 1. The van der Waals surface area contributed by atoms with Crippen molar-refractivity contribution in [2.75, 3.05) is 11.9 Å². The van der Waals surface area contributed by atoms with Crippen molar-refractivity contribution < 1.29 is 4.79 Å². The van der Waals surface area contributed by atoms with Crippen LogP contribution in [0.2, 0.25) is 0 Å². The first kappa shape index (κ1) is 11.9. The molecule has 1 saturated carbocycles. The Kier molecular flexibility index (Phi) is 3.27. The fourth-order valence-electron chi connectivity index (χ4n) is 1.87. The summed E-state index contributed by atoms with van der Waals surface area (Å²) in [5.41, 5.74) is 0.905. The van der Waals surface area contributed by atoms with Crippen LogP contribution in [0.1, 0.15) is 19.3 Å². The number of nitrogens with one attached hydrogen (secondary N) is 2. The van der Waals surface area contributed by atoms with Gasteiger partial charge in [0.1, 0.15) is 0 Å². The SMILES string of the molecule is O=C(CCNc1ncc2ccccc2n1)NC1CC1. The van der Waals surface area contributed by atoms with Gasteiger partial charge < -0.3 is 10.6 Å². The zero-order valence-corrected chi connectivity index (χ0v) is 10.6. The van der Waals surface area contributed by atoms with Crippen LogP contribution >= 0.6 is 0 Å². The van der Waals surface area contributed by atoms with Gasteiger partial charge in [0.25, 0.3) is 0 Å². The maximum Gasteiger partial charge on any atom is 0.223 e. The number of hydrogen-bond donors (Lipinski definition) is 2. The van der Waals surface area contributed by atoms with E-state index in [1.807, 2.05) is 24.3 Å². The molecule has 5 heteroatoms. The average molecular weight is 256 g/mol. The Hall–Kier alpha value is -2.17. The van der Waals surface area contributed by atoms with Crippen LogP contribution in [0.5, 0.6) is 0 Å². The van der Waals surface area contributed by atoms with Crippen molar-refractivity contribution in [3.05, 3.63) is 30.5 Å². The van der Waals surface area contributed by atoms with Crippen molar-refractivity contribution in [1.29, 1.82) is 0 Å². The first-order chi connectivity index (χ1) is 9.31. The van der Waals surface area contributed by atoms with Crippen LogP contribution in [0.4, 0.5) is 5.95 Å². The molecule has 1 aromatic carbocycles. The summed E-state index contributed by atoms with van der Waals surface area (Å²) in [7, 11) is 0. The van der Waals surface area contributed by atoms with Gasteiger partial charge in [-0.05, 0) is 18.9 Å². The fraction of sp³-hybridized carbons (Fsp3) is 0.357. The van der Waals surface area contributed by atoms with Gasteiger partial charge in [0.05, 0.1) is 5.52 Å². The Bertz CT molecular complexity index is 595. The largest absolute Gasteiger partial charge is 0.354 e. The standard InChI is InChI=1S/C14H16N4O/c19-13(17-11-5-6-11)7-8-15-14-16-9-10-3-1-2-4-12(10)18-14/h1-4,9,11H,5-8H2,(H,17,19)(H,15,16,18). The van der Waals surface area contributed by atoms with Crippen molar-refractivity contribution in [2.45, 2.75) is 25.3 Å². The Morgan fingerprint density at radius 2 is 2.16 bits per heavy atom. The van der Waals surface area contributed by atoms with E-state index in [-0.39, 0.29) is 5.91 Å². The number of benzene rings is 1. The van der Waals surface area contributed by atoms with Gasteiger partial charge in [0.15, 0.2) is 0 Å². The van der Waals surface area contributed by atoms with E-state index in [4.69, 9.17) is 0 Å². The molecule has 0 saturated heterocycles. The number of fused-ring (bicyclic) bond motifs is 1. The Balaban J connectivity index is 1.54. The summed E-state index contributed by atoms with van der Waals surface area (Å²) in [6.45, 7) is 0.552. The minimum Gasteiger partial charge on any atom is -0.354 e. The average Bonchev–Trinajstić information content (AvgIpc) is 3.22. The van der Waals surface area contributed by atoms with E-state index >= 15 is 0 Å². The Morgan fingerprint density at radius 1 is 1.32 bits per heavy atom. The van der Waals surface area contributed by atoms with Gasteiger partial charge in [-0.2, -0.15) is 0 Å². The molecule has 1 heterocycles. The lowest BCUT2D eigenvalue weighted by molar-refractivity contribution is -0.120. The molecule has 1 aliphatic rings. The molecule has 19 heavy (non-hydrogen) atoms. The molecule has 5 nitrogen and oxygen atoms in total. The third kappa shape index (κ3) is 3.19. The van der Waals surface area contributed by atoms with Crippen LogP contribution in [0.25, 0.3) is 10.9 Å². The van der Waals surface area contributed by atoms with Crippen LogP contribution in [-0.4, -0.2) is 28.5 Å². The molecule has 2 aromatic rings. The molecule has 0 radical (unpaired) electrons. The lowest BCUT2D eigenvalue weighted by Gasteiger charge is -2.06. The van der Waals surface area contributed by atoms with Crippen LogP contribution in [-0.2, 0) is 4.79 Å². The number of carbonyl (C=O) groups is 1. The van der Waals surface area contributed by atoms with Gasteiger partial charge in [-0.3, -0.25) is 4.79 Å². The minimum absolute atomic E-state index is 0.0933. The highest BCUT2D eigenvalue weighted by atomic mass is 16.1. The maximum atomic E-state index is 11.5. The van der Waals surface area contributed by atoms with E-state index in [0.29, 0.717) is 25.0 Å². The molecule has 1 amide bonds. The molecular weight excluding hydrogens is 240 g/mol. The van der Waals surface area contributed by atoms with Gasteiger partial charge in [-0.25, -0.2) is 9.97 Å². The summed E-state index contributed by atoms with van der Waals surface area (Å²) < 4.78 is 0.